The van der Waals surface area contributed by atoms with Crippen molar-refractivity contribution in [3.63, 3.8) is 0 Å². The minimum atomic E-state index is -3.79. The number of allylic oxidation sites excluding steroid dienone is 1. The Morgan fingerprint density at radius 3 is 1.24 bits per heavy atom. The van der Waals surface area contributed by atoms with Crippen LogP contribution < -0.4 is 0 Å². The number of rotatable bonds is 10. The van der Waals surface area contributed by atoms with Gasteiger partial charge in [0.15, 0.2) is 5.06 Å². The fourth-order valence-corrected chi connectivity index (χ4v) is 6.12. The van der Waals surface area contributed by atoms with Gasteiger partial charge in [-0.1, -0.05) is 5.73 Å². The minimum absolute atomic E-state index is 0.142. The molecule has 0 N–H and O–H groups in total. The van der Waals surface area contributed by atoms with Crippen molar-refractivity contribution in [1.29, 1.82) is 0 Å². The standard InChI is InChI=1S/C13H26O6P2/c1-7-16-20(14,17-8-2)13(11-12(5)6)21(15,18-9-3)19-10-4/h7-10H2,1-6H3. The SMILES string of the molecule is CCOP(=O)(OCC)C(=C=C(C)C)P(=O)(OCC)OCC. The molecule has 0 spiro atoms. The molecule has 0 aromatic carbocycles. The lowest BCUT2D eigenvalue weighted by Gasteiger charge is -2.24. The van der Waals surface area contributed by atoms with Gasteiger partial charge in [-0.05, 0) is 47.1 Å². The molecule has 0 unspecified atom stereocenters. The zero-order valence-corrected chi connectivity index (χ0v) is 15.5. The molecule has 0 rings (SSSR count). The van der Waals surface area contributed by atoms with E-state index in [0.29, 0.717) is 5.57 Å². The molecule has 0 aliphatic carbocycles. The predicted octanol–water partition coefficient (Wildman–Crippen LogP) is 4.93. The van der Waals surface area contributed by atoms with Crippen LogP contribution in [0, 0.1) is 0 Å². The van der Waals surface area contributed by atoms with Crippen molar-refractivity contribution in [2.75, 3.05) is 26.4 Å². The summed E-state index contributed by atoms with van der Waals surface area (Å²) in [6.07, 6.45) is 0. The molecule has 0 bridgehead atoms. The molecular weight excluding hydrogens is 314 g/mol. The van der Waals surface area contributed by atoms with Crippen LogP contribution in [0.1, 0.15) is 41.5 Å². The normalized spacial score (nSPS) is 12.1. The second-order valence-electron chi connectivity index (χ2n) is 4.11. The van der Waals surface area contributed by atoms with Gasteiger partial charge in [-0.2, -0.15) is 0 Å². The predicted molar refractivity (Wildman–Crippen MR) is 83.6 cm³/mol. The summed E-state index contributed by atoms with van der Waals surface area (Å²) in [4.78, 5) is 0. The molecule has 0 radical (unpaired) electrons. The van der Waals surface area contributed by atoms with E-state index in [9.17, 15) is 9.13 Å². The maximum absolute atomic E-state index is 13.0. The molecule has 0 atom stereocenters. The Bertz CT molecular complexity index is 423. The highest BCUT2D eigenvalue weighted by Crippen LogP contribution is 2.73. The maximum atomic E-state index is 13.0. The maximum Gasteiger partial charge on any atom is 0.377 e. The summed E-state index contributed by atoms with van der Waals surface area (Å²) < 4.78 is 47.0. The quantitative estimate of drug-likeness (QED) is 0.415. The van der Waals surface area contributed by atoms with E-state index in [1.807, 2.05) is 0 Å². The lowest BCUT2D eigenvalue weighted by atomic mass is 10.4. The molecule has 124 valence electrons. The summed E-state index contributed by atoms with van der Waals surface area (Å²) in [7, 11) is -7.59. The van der Waals surface area contributed by atoms with Gasteiger partial charge in [0.05, 0.1) is 26.4 Å². The Morgan fingerprint density at radius 1 is 0.762 bits per heavy atom. The highest BCUT2D eigenvalue weighted by atomic mass is 31.2. The van der Waals surface area contributed by atoms with Crippen molar-refractivity contribution in [3.05, 3.63) is 16.4 Å². The van der Waals surface area contributed by atoms with Gasteiger partial charge in [0.1, 0.15) is 0 Å². The smallest absolute Gasteiger partial charge is 0.305 e. The van der Waals surface area contributed by atoms with Crippen molar-refractivity contribution in [2.24, 2.45) is 0 Å². The van der Waals surface area contributed by atoms with Gasteiger partial charge in [-0.25, -0.2) is 0 Å². The highest BCUT2D eigenvalue weighted by Gasteiger charge is 2.45. The van der Waals surface area contributed by atoms with E-state index in [-0.39, 0.29) is 31.5 Å². The van der Waals surface area contributed by atoms with E-state index in [1.165, 1.54) is 0 Å². The Morgan fingerprint density at radius 2 is 1.05 bits per heavy atom. The van der Waals surface area contributed by atoms with Crippen molar-refractivity contribution in [3.8, 4) is 0 Å². The van der Waals surface area contributed by atoms with E-state index in [1.54, 1.807) is 41.5 Å². The van der Waals surface area contributed by atoms with E-state index < -0.39 is 15.2 Å². The first-order chi connectivity index (χ1) is 9.79. The van der Waals surface area contributed by atoms with Crippen LogP contribution in [0.15, 0.2) is 16.4 Å². The Balaban J connectivity index is 6.17. The monoisotopic (exact) mass is 340 g/mol. The van der Waals surface area contributed by atoms with Gasteiger partial charge in [-0.3, -0.25) is 9.13 Å². The molecule has 21 heavy (non-hydrogen) atoms. The molecule has 0 aromatic rings. The van der Waals surface area contributed by atoms with Crippen LogP contribution in [-0.2, 0) is 27.2 Å². The van der Waals surface area contributed by atoms with Gasteiger partial charge >= 0.3 is 15.2 Å². The highest BCUT2D eigenvalue weighted by molar-refractivity contribution is 7.78. The number of hydrogen-bond acceptors (Lipinski definition) is 6. The third-order valence-electron chi connectivity index (χ3n) is 2.08. The van der Waals surface area contributed by atoms with E-state index in [0.717, 1.165) is 0 Å². The van der Waals surface area contributed by atoms with Gasteiger partial charge < -0.3 is 18.1 Å². The first-order valence-electron chi connectivity index (χ1n) is 7.03. The Labute approximate surface area is 127 Å². The van der Waals surface area contributed by atoms with Crippen LogP contribution in [0.25, 0.3) is 0 Å². The fraction of sp³-hybridized carbons (Fsp3) is 0.769. The zero-order chi connectivity index (χ0) is 16.5. The molecule has 0 fully saturated rings. The molecule has 0 aromatic heterocycles. The van der Waals surface area contributed by atoms with Gasteiger partial charge in [-0.15, -0.1) is 0 Å². The summed E-state index contributed by atoms with van der Waals surface area (Å²) >= 11 is 0. The fourth-order valence-electron chi connectivity index (χ4n) is 1.51. The molecule has 0 aliphatic rings. The summed E-state index contributed by atoms with van der Waals surface area (Å²) in [5.41, 5.74) is 3.48. The van der Waals surface area contributed by atoms with Crippen LogP contribution in [0.2, 0.25) is 0 Å². The van der Waals surface area contributed by atoms with Gasteiger partial charge in [0, 0.05) is 0 Å². The van der Waals surface area contributed by atoms with Crippen LogP contribution >= 0.6 is 15.2 Å². The van der Waals surface area contributed by atoms with E-state index in [2.05, 4.69) is 5.73 Å². The van der Waals surface area contributed by atoms with Crippen LogP contribution in [0.5, 0.6) is 0 Å². The van der Waals surface area contributed by atoms with Crippen molar-refractivity contribution in [2.45, 2.75) is 41.5 Å². The molecule has 8 heteroatoms. The summed E-state index contributed by atoms with van der Waals surface area (Å²) in [5, 5.41) is -0.164. The zero-order valence-electron chi connectivity index (χ0n) is 13.7. The summed E-state index contributed by atoms with van der Waals surface area (Å²) in [6, 6.07) is 0. The van der Waals surface area contributed by atoms with Gasteiger partial charge in [0.2, 0.25) is 0 Å². The molecule has 0 heterocycles. The summed E-state index contributed by atoms with van der Waals surface area (Å²) in [6.45, 7) is 10.8. The van der Waals surface area contributed by atoms with Gasteiger partial charge in [0.25, 0.3) is 0 Å². The molecule has 0 amide bonds. The van der Waals surface area contributed by atoms with Crippen molar-refractivity contribution < 1.29 is 27.2 Å². The molecular formula is C13H26O6P2. The third kappa shape index (κ3) is 6.22. The second-order valence-corrected chi connectivity index (χ2v) is 8.38. The average molecular weight is 340 g/mol. The third-order valence-corrected chi connectivity index (χ3v) is 7.20. The lowest BCUT2D eigenvalue weighted by molar-refractivity contribution is 0.214. The molecule has 6 nitrogen and oxygen atoms in total. The second kappa shape index (κ2) is 9.76. The largest absolute Gasteiger partial charge is 0.377 e. The minimum Gasteiger partial charge on any atom is -0.305 e. The Hall–Kier alpha value is -0.180. The summed E-state index contributed by atoms with van der Waals surface area (Å²) in [5.74, 6) is 0. The first-order valence-corrected chi connectivity index (χ1v) is 10.1. The van der Waals surface area contributed by atoms with Crippen molar-refractivity contribution in [1.82, 2.24) is 0 Å². The van der Waals surface area contributed by atoms with E-state index >= 15 is 0 Å². The average Bonchev–Trinajstić information content (AvgIpc) is 2.36. The lowest BCUT2D eigenvalue weighted by Crippen LogP contribution is -2.04. The van der Waals surface area contributed by atoms with Crippen LogP contribution in [0.3, 0.4) is 0 Å². The van der Waals surface area contributed by atoms with Crippen LogP contribution in [-0.4, -0.2) is 26.4 Å². The molecule has 0 saturated heterocycles. The number of hydrogen-bond donors (Lipinski definition) is 0. The topological polar surface area (TPSA) is 71.1 Å². The van der Waals surface area contributed by atoms with Crippen LogP contribution in [0.4, 0.5) is 0 Å². The first kappa shape index (κ1) is 20.8. The molecule has 0 saturated carbocycles. The van der Waals surface area contributed by atoms with Crippen molar-refractivity contribution >= 4 is 15.2 Å². The Kier molecular flexibility index (Phi) is 9.68. The van der Waals surface area contributed by atoms with E-state index in [4.69, 9.17) is 18.1 Å². The molecule has 0 aliphatic heterocycles.